The molecule has 20 heavy (non-hydrogen) atoms. The number of carboxylic acids is 2. The first-order chi connectivity index (χ1) is 9.54. The highest BCUT2D eigenvalue weighted by atomic mass is 16.4. The molecule has 0 fully saturated rings. The summed E-state index contributed by atoms with van der Waals surface area (Å²) in [4.78, 5) is 22.0. The molecule has 0 bridgehead atoms. The first kappa shape index (κ1) is 13.8. The fourth-order valence-corrected chi connectivity index (χ4v) is 2.00. The van der Waals surface area contributed by atoms with Gasteiger partial charge < -0.3 is 10.2 Å². The SMILES string of the molecule is CCCc1c(C(=O)O)cnn1-c1ccc(C(=O)O)cc1. The molecule has 2 aromatic rings. The number of hydrogen-bond acceptors (Lipinski definition) is 3. The molecule has 0 saturated heterocycles. The lowest BCUT2D eigenvalue weighted by Gasteiger charge is -2.08. The Morgan fingerprint density at radius 1 is 1.15 bits per heavy atom. The van der Waals surface area contributed by atoms with Gasteiger partial charge in [-0.25, -0.2) is 14.3 Å². The zero-order valence-electron chi connectivity index (χ0n) is 10.9. The molecule has 0 amide bonds. The molecule has 1 heterocycles. The number of aromatic carboxylic acids is 2. The monoisotopic (exact) mass is 274 g/mol. The van der Waals surface area contributed by atoms with Crippen LogP contribution in [0.1, 0.15) is 39.8 Å². The Hall–Kier alpha value is -2.63. The fourth-order valence-electron chi connectivity index (χ4n) is 2.00. The molecule has 1 aromatic carbocycles. The van der Waals surface area contributed by atoms with Gasteiger partial charge in [-0.2, -0.15) is 5.10 Å². The topological polar surface area (TPSA) is 92.4 Å². The van der Waals surface area contributed by atoms with Gasteiger partial charge in [-0.1, -0.05) is 13.3 Å². The molecular weight excluding hydrogens is 260 g/mol. The van der Waals surface area contributed by atoms with Crippen LogP contribution in [0.25, 0.3) is 5.69 Å². The largest absolute Gasteiger partial charge is 0.478 e. The first-order valence-electron chi connectivity index (χ1n) is 6.18. The molecule has 0 unspecified atom stereocenters. The Balaban J connectivity index is 2.46. The van der Waals surface area contributed by atoms with Crippen molar-refractivity contribution in [1.82, 2.24) is 9.78 Å². The summed E-state index contributed by atoms with van der Waals surface area (Å²) in [6, 6.07) is 6.16. The Labute approximate surface area is 115 Å². The summed E-state index contributed by atoms with van der Waals surface area (Å²) in [5.74, 6) is -2.01. The zero-order chi connectivity index (χ0) is 14.7. The van der Waals surface area contributed by atoms with E-state index in [1.54, 1.807) is 16.8 Å². The van der Waals surface area contributed by atoms with E-state index in [-0.39, 0.29) is 11.1 Å². The van der Waals surface area contributed by atoms with E-state index in [2.05, 4.69) is 5.10 Å². The highest BCUT2D eigenvalue weighted by Crippen LogP contribution is 2.17. The van der Waals surface area contributed by atoms with Crippen molar-refractivity contribution in [3.63, 3.8) is 0 Å². The van der Waals surface area contributed by atoms with Crippen LogP contribution in [0.5, 0.6) is 0 Å². The van der Waals surface area contributed by atoms with Crippen LogP contribution >= 0.6 is 0 Å². The van der Waals surface area contributed by atoms with Crippen LogP contribution < -0.4 is 0 Å². The quantitative estimate of drug-likeness (QED) is 0.872. The predicted molar refractivity (Wildman–Crippen MR) is 71.5 cm³/mol. The van der Waals surface area contributed by atoms with Crippen molar-refractivity contribution < 1.29 is 19.8 Å². The summed E-state index contributed by atoms with van der Waals surface area (Å²) in [7, 11) is 0. The van der Waals surface area contributed by atoms with E-state index >= 15 is 0 Å². The Morgan fingerprint density at radius 3 is 2.30 bits per heavy atom. The molecule has 2 N–H and O–H groups in total. The smallest absolute Gasteiger partial charge is 0.339 e. The van der Waals surface area contributed by atoms with Gasteiger partial charge in [0, 0.05) is 0 Å². The minimum atomic E-state index is -1.01. The van der Waals surface area contributed by atoms with Crippen LogP contribution in [0.3, 0.4) is 0 Å². The standard InChI is InChI=1S/C14H14N2O4/c1-2-3-12-11(14(19)20)8-15-16(12)10-6-4-9(5-7-10)13(17)18/h4-8H,2-3H2,1H3,(H,17,18)(H,19,20). The molecule has 0 aliphatic carbocycles. The Kier molecular flexibility index (Phi) is 3.84. The molecule has 104 valence electrons. The number of hydrogen-bond donors (Lipinski definition) is 2. The maximum atomic E-state index is 11.2. The summed E-state index contributed by atoms with van der Waals surface area (Å²) in [5, 5.41) is 22.1. The lowest BCUT2D eigenvalue weighted by molar-refractivity contribution is 0.0685. The van der Waals surface area contributed by atoms with Gasteiger partial charge in [-0.3, -0.25) is 0 Å². The molecule has 0 radical (unpaired) electrons. The average molecular weight is 274 g/mol. The maximum absolute atomic E-state index is 11.2. The van der Waals surface area contributed by atoms with Gasteiger partial charge in [0.15, 0.2) is 0 Å². The molecule has 0 saturated carbocycles. The highest BCUT2D eigenvalue weighted by molar-refractivity contribution is 5.89. The molecule has 6 heteroatoms. The second-order valence-electron chi connectivity index (χ2n) is 4.32. The van der Waals surface area contributed by atoms with Crippen molar-refractivity contribution in [2.75, 3.05) is 0 Å². The Bertz CT molecular complexity index is 644. The number of carboxylic acid groups (broad SMARTS) is 2. The van der Waals surface area contributed by atoms with Crippen LogP contribution in [0.15, 0.2) is 30.5 Å². The van der Waals surface area contributed by atoms with E-state index in [0.29, 0.717) is 17.8 Å². The molecule has 1 aromatic heterocycles. The van der Waals surface area contributed by atoms with Crippen LogP contribution in [0, 0.1) is 0 Å². The second-order valence-corrected chi connectivity index (χ2v) is 4.32. The minimum Gasteiger partial charge on any atom is -0.478 e. The van der Waals surface area contributed by atoms with E-state index < -0.39 is 11.9 Å². The number of benzene rings is 1. The fraction of sp³-hybridized carbons (Fsp3) is 0.214. The van der Waals surface area contributed by atoms with Gasteiger partial charge in [0.1, 0.15) is 5.56 Å². The number of rotatable bonds is 5. The van der Waals surface area contributed by atoms with Gasteiger partial charge in [0.2, 0.25) is 0 Å². The third kappa shape index (κ3) is 2.54. The predicted octanol–water partition coefficient (Wildman–Crippen LogP) is 2.22. The summed E-state index contributed by atoms with van der Waals surface area (Å²) < 4.78 is 1.54. The zero-order valence-corrected chi connectivity index (χ0v) is 10.9. The number of aromatic nitrogens is 2. The number of nitrogens with zero attached hydrogens (tertiary/aromatic N) is 2. The van der Waals surface area contributed by atoms with E-state index in [1.807, 2.05) is 6.92 Å². The third-order valence-corrected chi connectivity index (χ3v) is 2.94. The van der Waals surface area contributed by atoms with E-state index in [9.17, 15) is 9.59 Å². The summed E-state index contributed by atoms with van der Waals surface area (Å²) in [6.45, 7) is 1.95. The third-order valence-electron chi connectivity index (χ3n) is 2.94. The van der Waals surface area contributed by atoms with Crippen LogP contribution in [-0.2, 0) is 6.42 Å². The first-order valence-corrected chi connectivity index (χ1v) is 6.18. The van der Waals surface area contributed by atoms with Crippen LogP contribution in [0.2, 0.25) is 0 Å². The molecule has 0 aliphatic rings. The maximum Gasteiger partial charge on any atom is 0.339 e. The second kappa shape index (κ2) is 5.56. The lowest BCUT2D eigenvalue weighted by Crippen LogP contribution is -2.07. The average Bonchev–Trinajstić information content (AvgIpc) is 2.83. The van der Waals surface area contributed by atoms with Gasteiger partial charge in [0.05, 0.1) is 23.1 Å². The van der Waals surface area contributed by atoms with Gasteiger partial charge in [-0.05, 0) is 30.7 Å². The lowest BCUT2D eigenvalue weighted by atomic mass is 10.1. The minimum absolute atomic E-state index is 0.175. The molecule has 0 spiro atoms. The van der Waals surface area contributed by atoms with Gasteiger partial charge >= 0.3 is 11.9 Å². The summed E-state index contributed by atoms with van der Waals surface area (Å²) in [6.07, 6.45) is 2.69. The van der Waals surface area contributed by atoms with E-state index in [0.717, 1.165) is 6.42 Å². The van der Waals surface area contributed by atoms with Gasteiger partial charge in [-0.15, -0.1) is 0 Å². The van der Waals surface area contributed by atoms with Crippen molar-refractivity contribution in [1.29, 1.82) is 0 Å². The van der Waals surface area contributed by atoms with E-state index in [4.69, 9.17) is 10.2 Å². The van der Waals surface area contributed by atoms with Gasteiger partial charge in [0.25, 0.3) is 0 Å². The Morgan fingerprint density at radius 2 is 1.80 bits per heavy atom. The highest BCUT2D eigenvalue weighted by Gasteiger charge is 2.17. The van der Waals surface area contributed by atoms with Crippen LogP contribution in [-0.4, -0.2) is 31.9 Å². The molecule has 6 nitrogen and oxygen atoms in total. The summed E-state index contributed by atoms with van der Waals surface area (Å²) >= 11 is 0. The van der Waals surface area contributed by atoms with Crippen molar-refractivity contribution >= 4 is 11.9 Å². The van der Waals surface area contributed by atoms with Crippen molar-refractivity contribution in [3.05, 3.63) is 47.3 Å². The summed E-state index contributed by atoms with van der Waals surface area (Å²) in [5.41, 5.74) is 1.61. The number of carbonyl (C=O) groups is 2. The molecule has 0 aliphatic heterocycles. The van der Waals surface area contributed by atoms with Crippen molar-refractivity contribution in [2.24, 2.45) is 0 Å². The normalized spacial score (nSPS) is 10.4. The van der Waals surface area contributed by atoms with Crippen LogP contribution in [0.4, 0.5) is 0 Å². The molecule has 2 rings (SSSR count). The molecular formula is C14H14N2O4. The molecule has 0 atom stereocenters. The van der Waals surface area contributed by atoms with Crippen molar-refractivity contribution in [3.8, 4) is 5.69 Å². The van der Waals surface area contributed by atoms with Crippen molar-refractivity contribution in [2.45, 2.75) is 19.8 Å². The van der Waals surface area contributed by atoms with E-state index in [1.165, 1.54) is 18.3 Å².